The van der Waals surface area contributed by atoms with E-state index in [2.05, 4.69) is 5.32 Å². The maximum absolute atomic E-state index is 13.3. The molecule has 4 amide bonds. The zero-order valence-corrected chi connectivity index (χ0v) is 16.2. The molecule has 2 aromatic carbocycles. The van der Waals surface area contributed by atoms with Crippen LogP contribution in [-0.4, -0.2) is 53.3 Å². The highest BCUT2D eigenvalue weighted by Gasteiger charge is 2.47. The van der Waals surface area contributed by atoms with E-state index >= 15 is 0 Å². The second kappa shape index (κ2) is 7.72. The van der Waals surface area contributed by atoms with Crippen molar-refractivity contribution in [3.63, 3.8) is 0 Å². The lowest BCUT2D eigenvalue weighted by atomic mass is 9.91. The summed E-state index contributed by atoms with van der Waals surface area (Å²) in [6.45, 7) is 0.281. The summed E-state index contributed by atoms with van der Waals surface area (Å²) in [6.07, 6.45) is 0.0601. The highest BCUT2D eigenvalue weighted by Crippen LogP contribution is 2.27. The van der Waals surface area contributed by atoms with Crippen LogP contribution < -0.4 is 11.1 Å². The Balaban J connectivity index is 1.65. The molecule has 2 aromatic rings. The molecule has 0 radical (unpaired) electrons. The summed E-state index contributed by atoms with van der Waals surface area (Å²) in [5.74, 6) is -2.13. The number of nitrogens with one attached hydrogen (secondary N) is 1. The van der Waals surface area contributed by atoms with Crippen LogP contribution in [0.5, 0.6) is 0 Å². The normalized spacial score (nSPS) is 17.8. The molecule has 30 heavy (non-hydrogen) atoms. The summed E-state index contributed by atoms with van der Waals surface area (Å²) in [5.41, 5.74) is 5.74. The van der Waals surface area contributed by atoms with Crippen LogP contribution in [0.4, 0.5) is 0 Å². The summed E-state index contributed by atoms with van der Waals surface area (Å²) in [4.78, 5) is 51.8. The number of imide groups is 1. The van der Waals surface area contributed by atoms with Crippen LogP contribution in [-0.2, 0) is 20.7 Å². The van der Waals surface area contributed by atoms with Crippen molar-refractivity contribution in [3.8, 4) is 0 Å². The van der Waals surface area contributed by atoms with Gasteiger partial charge in [0.05, 0.1) is 36.3 Å². The highest BCUT2D eigenvalue weighted by atomic mass is 16.5. The number of ether oxygens (including phenoxy) is 1. The van der Waals surface area contributed by atoms with E-state index in [4.69, 9.17) is 10.5 Å². The van der Waals surface area contributed by atoms with Gasteiger partial charge < -0.3 is 15.8 Å². The molecule has 4 rings (SSSR count). The third-order valence-corrected chi connectivity index (χ3v) is 5.37. The summed E-state index contributed by atoms with van der Waals surface area (Å²) >= 11 is 0. The number of amides is 4. The third-order valence-electron chi connectivity index (χ3n) is 5.37. The summed E-state index contributed by atoms with van der Waals surface area (Å²) < 4.78 is 5.19. The van der Waals surface area contributed by atoms with E-state index in [0.29, 0.717) is 0 Å². The van der Waals surface area contributed by atoms with Crippen molar-refractivity contribution in [1.82, 2.24) is 10.2 Å². The molecule has 0 saturated carbocycles. The molecular weight excluding hydrogens is 386 g/mol. The number of carbonyl (C=O) groups is 4. The number of carbonyl (C=O) groups excluding carboxylic acids is 4. The molecule has 1 saturated heterocycles. The van der Waals surface area contributed by atoms with Gasteiger partial charge in [0.15, 0.2) is 0 Å². The molecule has 2 aliphatic rings. The molecule has 154 valence electrons. The molecule has 8 heteroatoms. The predicted molar refractivity (Wildman–Crippen MR) is 106 cm³/mol. The van der Waals surface area contributed by atoms with Crippen molar-refractivity contribution >= 4 is 23.6 Å². The molecule has 0 aliphatic carbocycles. The number of benzene rings is 2. The standard InChI is InChI=1S/C22H21N3O5/c23-18(26)11-22(12-30-13-22)24-19(27)17(10-14-6-2-1-3-7-14)25-20(28)15-8-4-5-9-16(15)21(25)29/h1-9,17H,10-13H2,(H2,23,26)(H,24,27). The molecule has 8 nitrogen and oxygen atoms in total. The van der Waals surface area contributed by atoms with Gasteiger partial charge in [-0.2, -0.15) is 0 Å². The lowest BCUT2D eigenvalue weighted by Gasteiger charge is -2.42. The Bertz CT molecular complexity index is 981. The fraction of sp³-hybridized carbons (Fsp3) is 0.273. The first-order valence-corrected chi connectivity index (χ1v) is 9.59. The number of hydrogen-bond acceptors (Lipinski definition) is 5. The van der Waals surface area contributed by atoms with Gasteiger partial charge in [-0.15, -0.1) is 0 Å². The molecule has 1 atom stereocenters. The van der Waals surface area contributed by atoms with Gasteiger partial charge in [-0.05, 0) is 17.7 Å². The molecule has 2 heterocycles. The van der Waals surface area contributed by atoms with Crippen LogP contribution in [0.3, 0.4) is 0 Å². The van der Waals surface area contributed by atoms with Crippen LogP contribution in [0.25, 0.3) is 0 Å². The van der Waals surface area contributed by atoms with Crippen molar-refractivity contribution in [2.24, 2.45) is 5.73 Å². The Morgan fingerprint density at radius 1 is 1.00 bits per heavy atom. The van der Waals surface area contributed by atoms with Gasteiger partial charge in [0.2, 0.25) is 11.8 Å². The van der Waals surface area contributed by atoms with Crippen molar-refractivity contribution in [3.05, 3.63) is 71.3 Å². The molecule has 1 unspecified atom stereocenters. The maximum Gasteiger partial charge on any atom is 0.262 e. The second-order valence-electron chi connectivity index (χ2n) is 7.64. The van der Waals surface area contributed by atoms with Crippen molar-refractivity contribution in [2.45, 2.75) is 24.4 Å². The second-order valence-corrected chi connectivity index (χ2v) is 7.64. The Kier molecular flexibility index (Phi) is 5.09. The summed E-state index contributed by atoms with van der Waals surface area (Å²) in [6, 6.07) is 14.5. The van der Waals surface area contributed by atoms with Crippen LogP contribution in [0.2, 0.25) is 0 Å². The number of fused-ring (bicyclic) bond motifs is 1. The molecule has 0 bridgehead atoms. The van der Waals surface area contributed by atoms with Gasteiger partial charge in [-0.25, -0.2) is 0 Å². The fourth-order valence-electron chi connectivity index (χ4n) is 3.87. The first-order chi connectivity index (χ1) is 14.4. The van der Waals surface area contributed by atoms with Crippen molar-refractivity contribution in [2.75, 3.05) is 13.2 Å². The molecule has 0 aromatic heterocycles. The van der Waals surface area contributed by atoms with Crippen molar-refractivity contribution < 1.29 is 23.9 Å². The third kappa shape index (κ3) is 3.57. The van der Waals surface area contributed by atoms with E-state index in [1.165, 1.54) is 0 Å². The highest BCUT2D eigenvalue weighted by molar-refractivity contribution is 6.22. The van der Waals surface area contributed by atoms with E-state index in [1.807, 2.05) is 30.3 Å². The average Bonchev–Trinajstić information content (AvgIpc) is 2.95. The Morgan fingerprint density at radius 3 is 2.07 bits per heavy atom. The molecule has 3 N–H and O–H groups in total. The van der Waals surface area contributed by atoms with Gasteiger partial charge in [0.1, 0.15) is 6.04 Å². The first-order valence-electron chi connectivity index (χ1n) is 9.59. The quantitative estimate of drug-likeness (QED) is 0.654. The SMILES string of the molecule is NC(=O)CC1(NC(=O)C(Cc2ccccc2)N2C(=O)c3ccccc3C2=O)COC1. The molecule has 2 aliphatic heterocycles. The van der Waals surface area contributed by atoms with Crippen molar-refractivity contribution in [1.29, 1.82) is 0 Å². The van der Waals surface area contributed by atoms with E-state index in [9.17, 15) is 19.2 Å². The van der Waals surface area contributed by atoms with E-state index in [0.717, 1.165) is 10.5 Å². The lowest BCUT2D eigenvalue weighted by molar-refractivity contribution is -0.141. The van der Waals surface area contributed by atoms with Crippen LogP contribution in [0.15, 0.2) is 54.6 Å². The zero-order valence-electron chi connectivity index (χ0n) is 16.2. The van der Waals surface area contributed by atoms with E-state index in [-0.39, 0.29) is 37.2 Å². The van der Waals surface area contributed by atoms with E-state index in [1.54, 1.807) is 24.3 Å². The Hall–Kier alpha value is -3.52. The van der Waals surface area contributed by atoms with Crippen LogP contribution in [0, 0.1) is 0 Å². The van der Waals surface area contributed by atoms with Crippen LogP contribution in [0.1, 0.15) is 32.7 Å². The minimum atomic E-state index is -1.08. The van der Waals surface area contributed by atoms with Gasteiger partial charge in [-0.1, -0.05) is 42.5 Å². The zero-order chi connectivity index (χ0) is 21.3. The monoisotopic (exact) mass is 407 g/mol. The van der Waals surface area contributed by atoms with Crippen LogP contribution >= 0.6 is 0 Å². The molecular formula is C22H21N3O5. The largest absolute Gasteiger partial charge is 0.376 e. The average molecular weight is 407 g/mol. The van der Waals surface area contributed by atoms with Gasteiger partial charge in [0, 0.05) is 6.42 Å². The summed E-state index contributed by atoms with van der Waals surface area (Å²) in [5, 5.41) is 2.82. The number of hydrogen-bond donors (Lipinski definition) is 2. The maximum atomic E-state index is 13.3. The minimum absolute atomic E-state index is 0.0844. The van der Waals surface area contributed by atoms with Gasteiger partial charge in [0.25, 0.3) is 11.8 Å². The van der Waals surface area contributed by atoms with E-state index < -0.39 is 35.2 Å². The first kappa shape index (κ1) is 19.8. The predicted octanol–water partition coefficient (Wildman–Crippen LogP) is 0.655. The number of primary amides is 1. The molecule has 1 fully saturated rings. The Labute approximate surface area is 173 Å². The number of rotatable bonds is 7. The number of nitrogens with zero attached hydrogens (tertiary/aromatic N) is 1. The summed E-state index contributed by atoms with van der Waals surface area (Å²) in [7, 11) is 0. The van der Waals surface area contributed by atoms with Gasteiger partial charge >= 0.3 is 0 Å². The fourth-order valence-corrected chi connectivity index (χ4v) is 3.87. The smallest absolute Gasteiger partial charge is 0.262 e. The number of nitrogens with two attached hydrogens (primary N) is 1. The minimum Gasteiger partial charge on any atom is -0.376 e. The Morgan fingerprint density at radius 2 is 1.57 bits per heavy atom. The lowest BCUT2D eigenvalue weighted by Crippen LogP contribution is -2.66. The topological polar surface area (TPSA) is 119 Å². The molecule has 0 spiro atoms. The van der Waals surface area contributed by atoms with Gasteiger partial charge in [-0.3, -0.25) is 24.1 Å².